The van der Waals surface area contributed by atoms with Gasteiger partial charge in [0.1, 0.15) is 5.03 Å². The zero-order valence-electron chi connectivity index (χ0n) is 23.8. The first-order valence-corrected chi connectivity index (χ1v) is 15.2. The Hall–Kier alpha value is -4.31. The van der Waals surface area contributed by atoms with Crippen LogP contribution in [0.3, 0.4) is 0 Å². The van der Waals surface area contributed by atoms with Crippen LogP contribution in [0.5, 0.6) is 0 Å². The van der Waals surface area contributed by atoms with E-state index >= 15 is 0 Å². The van der Waals surface area contributed by atoms with Crippen LogP contribution in [0.4, 0.5) is 9.59 Å². The van der Waals surface area contributed by atoms with Crippen LogP contribution in [-0.4, -0.2) is 31.8 Å². The highest BCUT2D eigenvalue weighted by molar-refractivity contribution is 7.99. The molecule has 2 aromatic heterocycles. The number of aromatic nitrogens is 3. The van der Waals surface area contributed by atoms with Crippen molar-refractivity contribution in [3.05, 3.63) is 130 Å². The summed E-state index contributed by atoms with van der Waals surface area (Å²) in [6.07, 6.45) is -0.277. The number of carbonyl (C=O) groups excluding carboxylic acids is 1. The number of rotatable bonds is 9. The van der Waals surface area contributed by atoms with Crippen LogP contribution in [0, 0.1) is 0 Å². The SMILES string of the molecule is CC(C)c1nc(C(OC(=O)NC(=O)O)c2ccc(-c3ccccc3)cc2)n(Cc2ccncc2)c1Sc1cc(Cl)cc(Cl)c1. The number of carboxylic acid groups (broad SMARTS) is 1. The second-order valence-electron chi connectivity index (χ2n) is 10.2. The molecule has 0 radical (unpaired) electrons. The minimum absolute atomic E-state index is 0.0152. The Morgan fingerprint density at radius 2 is 1.57 bits per heavy atom. The number of hydrogen-bond donors (Lipinski definition) is 2. The van der Waals surface area contributed by atoms with Crippen LogP contribution in [0.25, 0.3) is 11.1 Å². The van der Waals surface area contributed by atoms with Gasteiger partial charge in [0.25, 0.3) is 0 Å². The number of imide groups is 1. The molecule has 0 spiro atoms. The number of halogens is 2. The van der Waals surface area contributed by atoms with Gasteiger partial charge in [-0.1, -0.05) is 103 Å². The van der Waals surface area contributed by atoms with Gasteiger partial charge >= 0.3 is 12.2 Å². The standard InChI is InChI=1S/C33H28Cl2N4O4S/c1-20(2)28-31(44-27-17-25(34)16-26(35)18-27)39(19-21-12-14-36-15-13-21)30(37-28)29(43-33(42)38-32(40)41)24-10-8-23(9-11-24)22-6-4-3-5-7-22/h3-18,20,29H,19H2,1-2H3,(H,38,42)(H,40,41). The Labute approximate surface area is 269 Å². The molecular weight excluding hydrogens is 619 g/mol. The molecule has 1 unspecified atom stereocenters. The highest BCUT2D eigenvalue weighted by Crippen LogP contribution is 2.40. The van der Waals surface area contributed by atoms with Crippen molar-refractivity contribution in [1.29, 1.82) is 0 Å². The number of amides is 2. The molecule has 0 aliphatic rings. The van der Waals surface area contributed by atoms with E-state index in [-0.39, 0.29) is 5.92 Å². The maximum atomic E-state index is 12.8. The molecule has 0 saturated carbocycles. The highest BCUT2D eigenvalue weighted by Gasteiger charge is 2.30. The van der Waals surface area contributed by atoms with Crippen molar-refractivity contribution in [3.63, 3.8) is 0 Å². The number of benzene rings is 3. The minimum Gasteiger partial charge on any atom is -0.465 e. The summed E-state index contributed by atoms with van der Waals surface area (Å²) in [6, 6.07) is 26.5. The minimum atomic E-state index is -1.52. The number of carbonyl (C=O) groups is 2. The van der Waals surface area contributed by atoms with E-state index in [0.29, 0.717) is 28.0 Å². The molecule has 224 valence electrons. The van der Waals surface area contributed by atoms with Gasteiger partial charge in [-0.2, -0.15) is 0 Å². The number of alkyl carbamates (subject to hydrolysis) is 1. The van der Waals surface area contributed by atoms with Gasteiger partial charge in [-0.25, -0.2) is 19.9 Å². The molecule has 11 heteroatoms. The summed E-state index contributed by atoms with van der Waals surface area (Å²) in [5.74, 6) is 0.410. The lowest BCUT2D eigenvalue weighted by atomic mass is 10.0. The molecule has 5 aromatic rings. The lowest BCUT2D eigenvalue weighted by molar-refractivity contribution is 0.108. The van der Waals surface area contributed by atoms with E-state index in [1.54, 1.807) is 23.8 Å². The summed E-state index contributed by atoms with van der Waals surface area (Å²) in [7, 11) is 0. The molecule has 8 nitrogen and oxygen atoms in total. The first-order valence-electron chi connectivity index (χ1n) is 13.7. The van der Waals surface area contributed by atoms with Crippen LogP contribution in [0.15, 0.2) is 107 Å². The van der Waals surface area contributed by atoms with Gasteiger partial charge in [0, 0.05) is 32.9 Å². The van der Waals surface area contributed by atoms with Crippen LogP contribution in [0.1, 0.15) is 48.5 Å². The number of pyridine rings is 1. The maximum Gasteiger partial charge on any atom is 0.417 e. The number of nitrogens with zero attached hydrogens (tertiary/aromatic N) is 3. The maximum absolute atomic E-state index is 12.8. The lowest BCUT2D eigenvalue weighted by Crippen LogP contribution is -2.31. The molecule has 0 aliphatic carbocycles. The van der Waals surface area contributed by atoms with Gasteiger partial charge in [-0.3, -0.25) is 4.98 Å². The number of imidazole rings is 1. The smallest absolute Gasteiger partial charge is 0.417 e. The molecule has 2 heterocycles. The van der Waals surface area contributed by atoms with E-state index < -0.39 is 18.3 Å². The summed E-state index contributed by atoms with van der Waals surface area (Å²) in [5.41, 5.74) is 4.32. The fourth-order valence-electron chi connectivity index (χ4n) is 4.65. The first-order chi connectivity index (χ1) is 21.2. The van der Waals surface area contributed by atoms with E-state index in [1.807, 2.05) is 97.3 Å². The molecule has 0 fully saturated rings. The fraction of sp³-hybridized carbons (Fsp3) is 0.152. The Bertz CT molecular complexity index is 1740. The molecule has 1 atom stereocenters. The number of nitrogens with one attached hydrogen (secondary N) is 1. The largest absolute Gasteiger partial charge is 0.465 e. The zero-order valence-corrected chi connectivity index (χ0v) is 26.1. The molecule has 2 amide bonds. The van der Waals surface area contributed by atoms with E-state index in [4.69, 9.17) is 32.9 Å². The van der Waals surface area contributed by atoms with Gasteiger partial charge in [-0.15, -0.1) is 0 Å². The molecular formula is C33H28Cl2N4O4S. The second-order valence-corrected chi connectivity index (χ2v) is 12.1. The normalized spacial score (nSPS) is 11.8. The molecule has 0 bridgehead atoms. The predicted octanol–water partition coefficient (Wildman–Crippen LogP) is 9.07. The van der Waals surface area contributed by atoms with E-state index in [0.717, 1.165) is 32.3 Å². The molecule has 3 aromatic carbocycles. The van der Waals surface area contributed by atoms with Crippen molar-refractivity contribution in [2.45, 2.75) is 42.3 Å². The van der Waals surface area contributed by atoms with E-state index in [2.05, 4.69) is 4.98 Å². The second kappa shape index (κ2) is 14.0. The van der Waals surface area contributed by atoms with Gasteiger partial charge in [0.15, 0.2) is 11.9 Å². The fourth-order valence-corrected chi connectivity index (χ4v) is 6.56. The number of hydrogen-bond acceptors (Lipinski definition) is 6. The summed E-state index contributed by atoms with van der Waals surface area (Å²) >= 11 is 14.1. The Morgan fingerprint density at radius 1 is 0.932 bits per heavy atom. The highest BCUT2D eigenvalue weighted by atomic mass is 35.5. The van der Waals surface area contributed by atoms with Gasteiger partial charge in [0.2, 0.25) is 0 Å². The third-order valence-electron chi connectivity index (χ3n) is 6.65. The van der Waals surface area contributed by atoms with Gasteiger partial charge in [-0.05, 0) is 52.9 Å². The summed E-state index contributed by atoms with van der Waals surface area (Å²) in [5, 5.41) is 12.8. The van der Waals surface area contributed by atoms with Gasteiger partial charge in [0.05, 0.1) is 12.2 Å². The van der Waals surface area contributed by atoms with Crippen molar-refractivity contribution in [1.82, 2.24) is 19.9 Å². The third kappa shape index (κ3) is 7.60. The molecule has 44 heavy (non-hydrogen) atoms. The molecule has 0 saturated heterocycles. The summed E-state index contributed by atoms with van der Waals surface area (Å²) < 4.78 is 7.80. The Kier molecular flexibility index (Phi) is 9.89. The van der Waals surface area contributed by atoms with E-state index in [1.165, 1.54) is 11.8 Å². The average molecular weight is 648 g/mol. The lowest BCUT2D eigenvalue weighted by Gasteiger charge is -2.21. The third-order valence-corrected chi connectivity index (χ3v) is 8.18. The molecule has 0 aliphatic heterocycles. The quantitative estimate of drug-likeness (QED) is 0.164. The van der Waals surface area contributed by atoms with Crippen molar-refractivity contribution in [3.8, 4) is 11.1 Å². The van der Waals surface area contributed by atoms with Crippen molar-refractivity contribution >= 4 is 47.2 Å². The van der Waals surface area contributed by atoms with Crippen LogP contribution in [0.2, 0.25) is 10.0 Å². The summed E-state index contributed by atoms with van der Waals surface area (Å²) in [4.78, 5) is 34.1. The van der Waals surface area contributed by atoms with Gasteiger partial charge < -0.3 is 14.4 Å². The monoisotopic (exact) mass is 646 g/mol. The number of ether oxygens (including phenoxy) is 1. The predicted molar refractivity (Wildman–Crippen MR) is 172 cm³/mol. The first kappa shape index (κ1) is 31.1. The van der Waals surface area contributed by atoms with Crippen LogP contribution >= 0.6 is 35.0 Å². The Balaban J connectivity index is 1.67. The Morgan fingerprint density at radius 3 is 2.18 bits per heavy atom. The zero-order chi connectivity index (χ0) is 31.2. The van der Waals surface area contributed by atoms with Crippen LogP contribution < -0.4 is 5.32 Å². The average Bonchev–Trinajstić information content (AvgIpc) is 3.33. The van der Waals surface area contributed by atoms with Crippen molar-refractivity contribution in [2.75, 3.05) is 0 Å². The summed E-state index contributed by atoms with van der Waals surface area (Å²) in [6.45, 7) is 4.43. The topological polar surface area (TPSA) is 106 Å². The van der Waals surface area contributed by atoms with Crippen molar-refractivity contribution < 1.29 is 19.4 Å². The van der Waals surface area contributed by atoms with E-state index in [9.17, 15) is 14.7 Å². The van der Waals surface area contributed by atoms with Crippen LogP contribution in [-0.2, 0) is 11.3 Å². The molecule has 2 N–H and O–H groups in total. The molecule has 5 rings (SSSR count). The van der Waals surface area contributed by atoms with Crippen molar-refractivity contribution in [2.24, 2.45) is 0 Å².